The normalized spacial score (nSPS) is 16.0. The van der Waals surface area contributed by atoms with Gasteiger partial charge in [0, 0.05) is 17.6 Å². The van der Waals surface area contributed by atoms with Gasteiger partial charge in [-0.2, -0.15) is 0 Å². The van der Waals surface area contributed by atoms with E-state index >= 15 is 0 Å². The van der Waals surface area contributed by atoms with Crippen molar-refractivity contribution in [2.75, 3.05) is 6.54 Å². The lowest BCUT2D eigenvalue weighted by Gasteiger charge is -2.15. The maximum Gasteiger partial charge on any atom is 0.261 e. The van der Waals surface area contributed by atoms with Crippen molar-refractivity contribution >= 4 is 15.6 Å². The monoisotopic (exact) mass is 371 g/mol. The number of pyridine rings is 1. The van der Waals surface area contributed by atoms with E-state index in [1.165, 1.54) is 11.5 Å². The van der Waals surface area contributed by atoms with E-state index in [2.05, 4.69) is 10.3 Å². The quantitative estimate of drug-likeness (QED) is 0.753. The number of carbonyl (C=O) groups excluding carboxylic acids is 1. The number of hydrogen-bond donors (Lipinski definition) is 3. The third-order valence-electron chi connectivity index (χ3n) is 4.34. The molecule has 3 rings (SSSR count). The highest BCUT2D eigenvalue weighted by atomic mass is 32.2. The number of H-pyrrole nitrogens is 1. The molecule has 1 amide bonds. The summed E-state index contributed by atoms with van der Waals surface area (Å²) in [5.74, 6) is -0.472. The van der Waals surface area contributed by atoms with Gasteiger partial charge in [-0.3, -0.25) is 9.59 Å². The van der Waals surface area contributed by atoms with Crippen LogP contribution in [-0.4, -0.2) is 21.6 Å². The lowest BCUT2D eigenvalue weighted by Crippen LogP contribution is -2.31. The summed E-state index contributed by atoms with van der Waals surface area (Å²) in [5, 5.41) is 3.89. The molecular formula is C19H21N3O3S. The van der Waals surface area contributed by atoms with Crippen LogP contribution in [0.3, 0.4) is 0 Å². The molecule has 1 aliphatic rings. The van der Waals surface area contributed by atoms with Gasteiger partial charge in [-0.1, -0.05) is 24.3 Å². The van der Waals surface area contributed by atoms with Crippen LogP contribution in [0.25, 0.3) is 0 Å². The first-order valence-corrected chi connectivity index (χ1v) is 10.1. The maximum atomic E-state index is 12.3. The molecular weight excluding hydrogens is 350 g/mol. The lowest BCUT2D eigenvalue weighted by molar-refractivity contribution is 0.0956. The summed E-state index contributed by atoms with van der Waals surface area (Å²) >= 11 is 0. The van der Waals surface area contributed by atoms with Gasteiger partial charge in [0.1, 0.15) is 5.56 Å². The fourth-order valence-corrected chi connectivity index (χ4v) is 4.06. The Kier molecular flexibility index (Phi) is 5.37. The molecule has 0 radical (unpaired) electrons. The standard InChI is InChI=1S/C19H21N3O3S/c20-26(25,15-8-2-1-3-9-15)12-6-11-21-18(23)16-13-14-7-4-5-10-17(14)22-19(16)24/h1-3,6,8-9,12-13,20H,4-5,7,10-11H2,(H,21,23)(H,22,24)/b12-6+. The molecule has 136 valence electrons. The number of hydrogen-bond acceptors (Lipinski definition) is 4. The average Bonchev–Trinajstić information content (AvgIpc) is 2.65. The fraction of sp³-hybridized carbons (Fsp3) is 0.263. The highest BCUT2D eigenvalue weighted by Crippen LogP contribution is 2.18. The number of aromatic nitrogens is 1. The van der Waals surface area contributed by atoms with Crippen molar-refractivity contribution < 1.29 is 9.00 Å². The first kappa shape index (κ1) is 18.1. The minimum atomic E-state index is -3.04. The van der Waals surface area contributed by atoms with E-state index in [9.17, 15) is 13.8 Å². The number of carbonyl (C=O) groups is 1. The summed E-state index contributed by atoms with van der Waals surface area (Å²) in [4.78, 5) is 27.6. The molecule has 0 spiro atoms. The predicted octanol–water partition coefficient (Wildman–Crippen LogP) is 2.60. The number of nitrogens with one attached hydrogen (secondary N) is 3. The molecule has 2 aromatic rings. The van der Waals surface area contributed by atoms with Crippen molar-refractivity contribution in [3.8, 4) is 0 Å². The van der Waals surface area contributed by atoms with Gasteiger partial charge in [0.05, 0.1) is 14.6 Å². The van der Waals surface area contributed by atoms with E-state index < -0.39 is 15.6 Å². The van der Waals surface area contributed by atoms with E-state index in [0.29, 0.717) is 4.90 Å². The highest BCUT2D eigenvalue weighted by Gasteiger charge is 2.16. The van der Waals surface area contributed by atoms with E-state index in [0.717, 1.165) is 36.9 Å². The number of benzene rings is 1. The number of aryl methyl sites for hydroxylation is 2. The predicted molar refractivity (Wildman–Crippen MR) is 101 cm³/mol. The minimum Gasteiger partial charge on any atom is -0.348 e. The number of amides is 1. The molecule has 6 nitrogen and oxygen atoms in total. The smallest absolute Gasteiger partial charge is 0.261 e. The molecule has 1 aromatic carbocycles. The zero-order valence-electron chi connectivity index (χ0n) is 14.3. The van der Waals surface area contributed by atoms with Crippen molar-refractivity contribution in [2.45, 2.75) is 30.6 Å². The van der Waals surface area contributed by atoms with Crippen LogP contribution in [-0.2, 0) is 22.6 Å². The Morgan fingerprint density at radius 2 is 1.96 bits per heavy atom. The van der Waals surface area contributed by atoms with Gasteiger partial charge in [-0.25, -0.2) is 8.99 Å². The molecule has 26 heavy (non-hydrogen) atoms. The molecule has 0 aliphatic heterocycles. The molecule has 0 saturated carbocycles. The first-order chi connectivity index (χ1) is 12.5. The summed E-state index contributed by atoms with van der Waals surface area (Å²) < 4.78 is 20.3. The summed E-state index contributed by atoms with van der Waals surface area (Å²) in [6.45, 7) is 0.0953. The zero-order valence-corrected chi connectivity index (χ0v) is 15.1. The number of fused-ring (bicyclic) bond motifs is 1. The van der Waals surface area contributed by atoms with E-state index in [1.54, 1.807) is 36.4 Å². The summed E-state index contributed by atoms with van der Waals surface area (Å²) in [5.41, 5.74) is 1.65. The second-order valence-electron chi connectivity index (χ2n) is 6.22. The van der Waals surface area contributed by atoms with Crippen LogP contribution in [0.4, 0.5) is 0 Å². The number of aromatic amines is 1. The Labute approximate surface area is 152 Å². The van der Waals surface area contributed by atoms with Gasteiger partial charge in [0.15, 0.2) is 0 Å². The van der Waals surface area contributed by atoms with Crippen molar-refractivity contribution in [1.29, 1.82) is 4.78 Å². The molecule has 1 aromatic heterocycles. The third-order valence-corrected chi connectivity index (χ3v) is 5.89. The average molecular weight is 371 g/mol. The molecule has 0 bridgehead atoms. The molecule has 3 N–H and O–H groups in total. The van der Waals surface area contributed by atoms with E-state index in [-0.39, 0.29) is 17.7 Å². The fourth-order valence-electron chi connectivity index (χ4n) is 2.98. The van der Waals surface area contributed by atoms with Crippen molar-refractivity contribution in [3.63, 3.8) is 0 Å². The van der Waals surface area contributed by atoms with Gasteiger partial charge in [-0.15, -0.1) is 0 Å². The molecule has 1 unspecified atom stereocenters. The van der Waals surface area contributed by atoms with Crippen LogP contribution in [0, 0.1) is 4.78 Å². The van der Waals surface area contributed by atoms with Crippen LogP contribution >= 0.6 is 0 Å². The minimum absolute atomic E-state index is 0.0914. The molecule has 1 atom stereocenters. The third kappa shape index (κ3) is 4.11. The van der Waals surface area contributed by atoms with Gasteiger partial charge in [0.25, 0.3) is 11.5 Å². The molecule has 7 heteroatoms. The van der Waals surface area contributed by atoms with Crippen LogP contribution in [0.15, 0.2) is 57.6 Å². The second kappa shape index (κ2) is 7.70. The first-order valence-electron chi connectivity index (χ1n) is 8.51. The Morgan fingerprint density at radius 3 is 2.73 bits per heavy atom. The summed E-state index contributed by atoms with van der Waals surface area (Å²) in [6, 6.07) is 10.2. The molecule has 0 saturated heterocycles. The highest BCUT2D eigenvalue weighted by molar-refractivity contribution is 7.95. The largest absolute Gasteiger partial charge is 0.348 e. The van der Waals surface area contributed by atoms with Crippen molar-refractivity contribution in [1.82, 2.24) is 10.3 Å². The van der Waals surface area contributed by atoms with E-state index in [1.807, 2.05) is 0 Å². The van der Waals surface area contributed by atoms with Crippen LogP contribution in [0.1, 0.15) is 34.5 Å². The summed E-state index contributed by atoms with van der Waals surface area (Å²) in [7, 11) is -3.04. The van der Waals surface area contributed by atoms with Gasteiger partial charge in [0.2, 0.25) is 0 Å². The van der Waals surface area contributed by atoms with Crippen molar-refractivity contribution in [3.05, 3.63) is 75.1 Å². The Bertz CT molecular complexity index is 992. The zero-order chi connectivity index (χ0) is 18.6. The molecule has 0 fully saturated rings. The molecule has 1 heterocycles. The maximum absolute atomic E-state index is 12.3. The number of rotatable bonds is 5. The van der Waals surface area contributed by atoms with Crippen LogP contribution in [0.5, 0.6) is 0 Å². The van der Waals surface area contributed by atoms with Gasteiger partial charge in [-0.05, 0) is 49.4 Å². The Morgan fingerprint density at radius 1 is 1.23 bits per heavy atom. The van der Waals surface area contributed by atoms with Crippen LogP contribution < -0.4 is 10.9 Å². The lowest BCUT2D eigenvalue weighted by atomic mass is 9.95. The Balaban J connectivity index is 1.65. The second-order valence-corrected chi connectivity index (χ2v) is 8.16. The SMILES string of the molecule is N=S(=O)(/C=C/CNC(=O)c1cc2c([nH]c1=O)CCCC2)c1ccccc1. The summed E-state index contributed by atoms with van der Waals surface area (Å²) in [6.07, 6.45) is 5.29. The Hall–Kier alpha value is -2.67. The van der Waals surface area contributed by atoms with Gasteiger partial charge < -0.3 is 10.3 Å². The topological polar surface area (TPSA) is 103 Å². The van der Waals surface area contributed by atoms with E-state index in [4.69, 9.17) is 4.78 Å². The van der Waals surface area contributed by atoms with Crippen molar-refractivity contribution in [2.24, 2.45) is 0 Å². The van der Waals surface area contributed by atoms with Crippen LogP contribution in [0.2, 0.25) is 0 Å². The molecule has 1 aliphatic carbocycles. The van der Waals surface area contributed by atoms with Gasteiger partial charge >= 0.3 is 0 Å².